The predicted molar refractivity (Wildman–Crippen MR) is 45.2 cm³/mol. The normalized spacial score (nSPS) is 14.5. The van der Waals surface area contributed by atoms with E-state index in [2.05, 4.69) is 4.99 Å². The van der Waals surface area contributed by atoms with Gasteiger partial charge in [-0.15, -0.1) is 0 Å². The van der Waals surface area contributed by atoms with Crippen molar-refractivity contribution in [3.05, 3.63) is 0 Å². The van der Waals surface area contributed by atoms with E-state index in [-0.39, 0.29) is 0 Å². The molecule has 4 N–H and O–H groups in total. The first-order valence-electron chi connectivity index (χ1n) is 3.73. The molecule has 0 aliphatic carbocycles. The number of hydrogen-bond acceptors (Lipinski definition) is 2. The summed E-state index contributed by atoms with van der Waals surface area (Å²) in [4.78, 5) is 14.6. The Balaban J connectivity index is 4.17. The average Bonchev–Trinajstić information content (AvgIpc) is 1.99. The van der Waals surface area contributed by atoms with E-state index in [1.165, 1.54) is 0 Å². The van der Waals surface area contributed by atoms with Gasteiger partial charge in [-0.3, -0.25) is 9.79 Å². The molecule has 4 nitrogen and oxygen atoms in total. The molecule has 0 rings (SSSR count). The van der Waals surface area contributed by atoms with Gasteiger partial charge >= 0.3 is 0 Å². The SMILES string of the molecule is CCC(N)=NC(CC)C(N)=O. The minimum absolute atomic E-state index is 0.413. The van der Waals surface area contributed by atoms with Crippen LogP contribution in [0.4, 0.5) is 0 Å². The summed E-state index contributed by atoms with van der Waals surface area (Å²) in [6.45, 7) is 3.73. The lowest BCUT2D eigenvalue weighted by Gasteiger charge is -2.05. The van der Waals surface area contributed by atoms with Gasteiger partial charge < -0.3 is 11.5 Å². The molecule has 0 heterocycles. The first-order chi connectivity index (χ1) is 5.11. The van der Waals surface area contributed by atoms with Gasteiger partial charge in [0.1, 0.15) is 6.04 Å². The number of nitrogens with zero attached hydrogens (tertiary/aromatic N) is 1. The van der Waals surface area contributed by atoms with E-state index in [0.717, 1.165) is 0 Å². The third-order valence-electron chi connectivity index (χ3n) is 1.40. The molecule has 0 aliphatic rings. The highest BCUT2D eigenvalue weighted by Crippen LogP contribution is 1.96. The summed E-state index contributed by atoms with van der Waals surface area (Å²) >= 11 is 0. The molecule has 4 heteroatoms. The number of aliphatic imine (C=N–C) groups is 1. The third-order valence-corrected chi connectivity index (χ3v) is 1.40. The zero-order chi connectivity index (χ0) is 8.85. The highest BCUT2D eigenvalue weighted by atomic mass is 16.1. The van der Waals surface area contributed by atoms with Crippen molar-refractivity contribution >= 4 is 11.7 Å². The van der Waals surface area contributed by atoms with E-state index < -0.39 is 11.9 Å². The van der Waals surface area contributed by atoms with Crippen LogP contribution < -0.4 is 11.5 Å². The molecule has 64 valence electrons. The van der Waals surface area contributed by atoms with Crippen LogP contribution in [-0.2, 0) is 4.79 Å². The van der Waals surface area contributed by atoms with Crippen LogP contribution in [0.5, 0.6) is 0 Å². The Morgan fingerprint density at radius 3 is 2.27 bits per heavy atom. The summed E-state index contributed by atoms with van der Waals surface area (Å²) < 4.78 is 0. The molecule has 0 bridgehead atoms. The molecule has 0 spiro atoms. The van der Waals surface area contributed by atoms with Gasteiger partial charge in [0.05, 0.1) is 5.84 Å². The minimum atomic E-state index is -0.449. The molecule has 0 aromatic heterocycles. The number of hydrogen-bond donors (Lipinski definition) is 2. The quantitative estimate of drug-likeness (QED) is 0.445. The largest absolute Gasteiger partial charge is 0.387 e. The fourth-order valence-corrected chi connectivity index (χ4v) is 0.648. The van der Waals surface area contributed by atoms with Crippen molar-refractivity contribution in [1.29, 1.82) is 0 Å². The molecule has 0 radical (unpaired) electrons. The maximum Gasteiger partial charge on any atom is 0.242 e. The Morgan fingerprint density at radius 2 is 2.00 bits per heavy atom. The Bertz CT molecular complexity index is 165. The maximum absolute atomic E-state index is 10.6. The van der Waals surface area contributed by atoms with Crippen molar-refractivity contribution in [2.45, 2.75) is 32.7 Å². The second-order valence-corrected chi connectivity index (χ2v) is 2.30. The summed E-state index contributed by atoms with van der Waals surface area (Å²) in [6.07, 6.45) is 1.26. The molecular weight excluding hydrogens is 142 g/mol. The molecular formula is C7H15N3O. The summed E-state index contributed by atoms with van der Waals surface area (Å²) in [5, 5.41) is 0. The van der Waals surface area contributed by atoms with Crippen molar-refractivity contribution in [3.63, 3.8) is 0 Å². The van der Waals surface area contributed by atoms with Gasteiger partial charge in [0.2, 0.25) is 5.91 Å². The molecule has 0 saturated carbocycles. The van der Waals surface area contributed by atoms with Crippen LogP contribution in [0.25, 0.3) is 0 Å². The smallest absolute Gasteiger partial charge is 0.242 e. The molecule has 0 aliphatic heterocycles. The van der Waals surface area contributed by atoms with Gasteiger partial charge in [-0.2, -0.15) is 0 Å². The summed E-state index contributed by atoms with van der Waals surface area (Å²) in [7, 11) is 0. The maximum atomic E-state index is 10.6. The average molecular weight is 157 g/mol. The summed E-state index contributed by atoms with van der Waals surface area (Å²) in [5.74, 6) is 0.0690. The van der Waals surface area contributed by atoms with Crippen LogP contribution in [-0.4, -0.2) is 17.8 Å². The molecule has 0 saturated heterocycles. The number of carbonyl (C=O) groups is 1. The molecule has 0 aromatic carbocycles. The fourth-order valence-electron chi connectivity index (χ4n) is 0.648. The zero-order valence-corrected chi connectivity index (χ0v) is 7.00. The minimum Gasteiger partial charge on any atom is -0.387 e. The summed E-state index contributed by atoms with van der Waals surface area (Å²) in [5.41, 5.74) is 10.5. The number of carbonyl (C=O) groups excluding carboxylic acids is 1. The van der Waals surface area contributed by atoms with Crippen molar-refractivity contribution in [2.75, 3.05) is 0 Å². The first kappa shape index (κ1) is 9.94. The van der Waals surface area contributed by atoms with E-state index in [0.29, 0.717) is 18.7 Å². The fraction of sp³-hybridized carbons (Fsp3) is 0.714. The lowest BCUT2D eigenvalue weighted by atomic mass is 10.2. The van der Waals surface area contributed by atoms with Crippen molar-refractivity contribution in [2.24, 2.45) is 16.5 Å². The monoisotopic (exact) mass is 157 g/mol. The second-order valence-electron chi connectivity index (χ2n) is 2.30. The van der Waals surface area contributed by atoms with Crippen LogP contribution in [0.2, 0.25) is 0 Å². The lowest BCUT2D eigenvalue weighted by molar-refractivity contribution is -0.119. The van der Waals surface area contributed by atoms with Crippen LogP contribution in [0.1, 0.15) is 26.7 Å². The second kappa shape index (κ2) is 4.71. The van der Waals surface area contributed by atoms with Crippen molar-refractivity contribution < 1.29 is 4.79 Å². The van der Waals surface area contributed by atoms with Crippen LogP contribution >= 0.6 is 0 Å². The Labute approximate surface area is 66.7 Å². The Kier molecular flexibility index (Phi) is 4.26. The van der Waals surface area contributed by atoms with Gasteiger partial charge in [-0.1, -0.05) is 13.8 Å². The van der Waals surface area contributed by atoms with Crippen molar-refractivity contribution in [1.82, 2.24) is 0 Å². The van der Waals surface area contributed by atoms with E-state index >= 15 is 0 Å². The zero-order valence-electron chi connectivity index (χ0n) is 7.00. The molecule has 1 unspecified atom stereocenters. The van der Waals surface area contributed by atoms with Crippen LogP contribution in [0.3, 0.4) is 0 Å². The van der Waals surface area contributed by atoms with Gasteiger partial charge in [0.15, 0.2) is 0 Å². The number of primary amides is 1. The summed E-state index contributed by atoms with van der Waals surface area (Å²) in [6, 6.07) is -0.449. The highest BCUT2D eigenvalue weighted by Gasteiger charge is 2.10. The Morgan fingerprint density at radius 1 is 1.45 bits per heavy atom. The van der Waals surface area contributed by atoms with E-state index in [1.54, 1.807) is 0 Å². The highest BCUT2D eigenvalue weighted by molar-refractivity contribution is 5.86. The van der Waals surface area contributed by atoms with E-state index in [4.69, 9.17) is 11.5 Å². The van der Waals surface area contributed by atoms with E-state index in [1.807, 2.05) is 13.8 Å². The van der Waals surface area contributed by atoms with Gasteiger partial charge in [-0.25, -0.2) is 0 Å². The third kappa shape index (κ3) is 3.60. The molecule has 0 aromatic rings. The van der Waals surface area contributed by atoms with Crippen molar-refractivity contribution in [3.8, 4) is 0 Å². The molecule has 0 fully saturated rings. The van der Waals surface area contributed by atoms with Crippen LogP contribution in [0.15, 0.2) is 4.99 Å². The molecule has 11 heavy (non-hydrogen) atoms. The Hall–Kier alpha value is -1.06. The molecule has 1 amide bonds. The van der Waals surface area contributed by atoms with Crippen LogP contribution in [0, 0.1) is 0 Å². The van der Waals surface area contributed by atoms with Gasteiger partial charge in [0, 0.05) is 6.42 Å². The number of amides is 1. The van der Waals surface area contributed by atoms with Gasteiger partial charge in [0.25, 0.3) is 0 Å². The van der Waals surface area contributed by atoms with E-state index in [9.17, 15) is 4.79 Å². The standard InChI is InChI=1S/C7H15N3O/c1-3-5(7(9)11)10-6(8)4-2/h5H,3-4H2,1-2H3,(H2,8,10)(H2,9,11). The van der Waals surface area contributed by atoms with Gasteiger partial charge in [-0.05, 0) is 6.42 Å². The number of nitrogens with two attached hydrogens (primary N) is 2. The topological polar surface area (TPSA) is 81.5 Å². The lowest BCUT2D eigenvalue weighted by Crippen LogP contribution is -2.28. The first-order valence-corrected chi connectivity index (χ1v) is 3.73. The number of rotatable bonds is 4. The number of amidine groups is 1. The predicted octanol–water partition coefficient (Wildman–Crippen LogP) is 0.0175. The molecule has 1 atom stereocenters.